The average Bonchev–Trinajstić information content (AvgIpc) is 2.18. The second-order valence-corrected chi connectivity index (χ2v) is 4.66. The van der Waals surface area contributed by atoms with Crippen molar-refractivity contribution in [2.45, 2.75) is 32.7 Å². The van der Waals surface area contributed by atoms with Crippen molar-refractivity contribution in [3.63, 3.8) is 0 Å². The summed E-state index contributed by atoms with van der Waals surface area (Å²) in [7, 11) is 0. The first-order chi connectivity index (χ1) is 7.02. The summed E-state index contributed by atoms with van der Waals surface area (Å²) in [6.07, 6.45) is 1.92. The SMILES string of the molecule is CC(C)CC[C@@H](N)c1cccc(Cl)c1O.Cl. The summed E-state index contributed by atoms with van der Waals surface area (Å²) in [5.74, 6) is 0.743. The average molecular weight is 264 g/mol. The molecule has 0 saturated heterocycles. The Kier molecular flexibility index (Phi) is 6.81. The van der Waals surface area contributed by atoms with Crippen LogP contribution in [-0.4, -0.2) is 5.11 Å². The largest absolute Gasteiger partial charge is 0.506 e. The van der Waals surface area contributed by atoms with Crippen LogP contribution in [0.3, 0.4) is 0 Å². The molecule has 0 saturated carbocycles. The van der Waals surface area contributed by atoms with Crippen molar-refractivity contribution < 1.29 is 5.11 Å². The lowest BCUT2D eigenvalue weighted by molar-refractivity contribution is 0.448. The Bertz CT molecular complexity index is 329. The van der Waals surface area contributed by atoms with E-state index >= 15 is 0 Å². The molecule has 2 nitrogen and oxygen atoms in total. The van der Waals surface area contributed by atoms with E-state index in [1.165, 1.54) is 0 Å². The minimum Gasteiger partial charge on any atom is -0.506 e. The fourth-order valence-electron chi connectivity index (χ4n) is 1.50. The summed E-state index contributed by atoms with van der Waals surface area (Å²) in [6.45, 7) is 4.31. The summed E-state index contributed by atoms with van der Waals surface area (Å²) < 4.78 is 0. The van der Waals surface area contributed by atoms with Crippen molar-refractivity contribution in [1.29, 1.82) is 0 Å². The topological polar surface area (TPSA) is 46.2 Å². The maximum absolute atomic E-state index is 9.72. The highest BCUT2D eigenvalue weighted by Gasteiger charge is 2.13. The van der Waals surface area contributed by atoms with E-state index in [1.54, 1.807) is 6.07 Å². The van der Waals surface area contributed by atoms with Gasteiger partial charge in [-0.15, -0.1) is 12.4 Å². The lowest BCUT2D eigenvalue weighted by Gasteiger charge is -2.15. The number of phenolic OH excluding ortho intramolecular Hbond substituents is 1. The normalized spacial score (nSPS) is 12.3. The van der Waals surface area contributed by atoms with E-state index in [0.717, 1.165) is 18.4 Å². The number of nitrogens with two attached hydrogens (primary N) is 1. The van der Waals surface area contributed by atoms with Gasteiger partial charge in [0.1, 0.15) is 5.75 Å². The van der Waals surface area contributed by atoms with Crippen molar-refractivity contribution in [3.8, 4) is 5.75 Å². The molecule has 1 aromatic carbocycles. The molecule has 0 spiro atoms. The third kappa shape index (κ3) is 4.20. The molecule has 0 aliphatic rings. The molecule has 92 valence electrons. The first-order valence-electron chi connectivity index (χ1n) is 5.25. The summed E-state index contributed by atoms with van der Waals surface area (Å²) in [5, 5.41) is 10.1. The highest BCUT2D eigenvalue weighted by molar-refractivity contribution is 6.32. The van der Waals surface area contributed by atoms with Crippen molar-refractivity contribution in [2.75, 3.05) is 0 Å². The van der Waals surface area contributed by atoms with Gasteiger partial charge in [0, 0.05) is 11.6 Å². The van der Waals surface area contributed by atoms with Crippen molar-refractivity contribution in [2.24, 2.45) is 11.7 Å². The predicted octanol–water partition coefficient (Wildman–Crippen LogP) is 3.90. The first kappa shape index (κ1) is 15.6. The molecular formula is C12H19Cl2NO. The Morgan fingerprint density at radius 2 is 1.94 bits per heavy atom. The number of hydrogen-bond donors (Lipinski definition) is 2. The molecule has 4 heteroatoms. The molecule has 0 fully saturated rings. The molecule has 0 bridgehead atoms. The van der Waals surface area contributed by atoms with Crippen LogP contribution in [0.5, 0.6) is 5.75 Å². The van der Waals surface area contributed by atoms with Gasteiger partial charge in [-0.3, -0.25) is 0 Å². The number of halogens is 2. The Morgan fingerprint density at radius 3 is 2.50 bits per heavy atom. The molecule has 0 heterocycles. The van der Waals surface area contributed by atoms with Crippen molar-refractivity contribution in [1.82, 2.24) is 0 Å². The molecular weight excluding hydrogens is 245 g/mol. The Morgan fingerprint density at radius 1 is 1.31 bits per heavy atom. The molecule has 0 aliphatic heterocycles. The quantitative estimate of drug-likeness (QED) is 0.866. The van der Waals surface area contributed by atoms with Crippen LogP contribution in [-0.2, 0) is 0 Å². The Balaban J connectivity index is 0.00000225. The summed E-state index contributed by atoms with van der Waals surface area (Å²) in [5.41, 5.74) is 6.73. The van der Waals surface area contributed by atoms with Gasteiger partial charge in [-0.1, -0.05) is 37.6 Å². The minimum atomic E-state index is -0.133. The van der Waals surface area contributed by atoms with E-state index in [4.69, 9.17) is 17.3 Å². The van der Waals surface area contributed by atoms with E-state index in [-0.39, 0.29) is 24.2 Å². The van der Waals surface area contributed by atoms with Crippen LogP contribution in [0.2, 0.25) is 5.02 Å². The van der Waals surface area contributed by atoms with Gasteiger partial charge in [-0.05, 0) is 24.8 Å². The maximum atomic E-state index is 9.72. The number of para-hydroxylation sites is 1. The lowest BCUT2D eigenvalue weighted by atomic mass is 9.98. The van der Waals surface area contributed by atoms with E-state index in [1.807, 2.05) is 12.1 Å². The van der Waals surface area contributed by atoms with Gasteiger partial charge in [0.25, 0.3) is 0 Å². The Hall–Kier alpha value is -0.440. The van der Waals surface area contributed by atoms with Crippen LogP contribution >= 0.6 is 24.0 Å². The van der Waals surface area contributed by atoms with Gasteiger partial charge < -0.3 is 10.8 Å². The molecule has 0 radical (unpaired) electrons. The fraction of sp³-hybridized carbons (Fsp3) is 0.500. The maximum Gasteiger partial charge on any atom is 0.138 e. The molecule has 1 atom stereocenters. The smallest absolute Gasteiger partial charge is 0.138 e. The molecule has 0 unspecified atom stereocenters. The zero-order chi connectivity index (χ0) is 11.4. The van der Waals surface area contributed by atoms with Crippen LogP contribution in [0.4, 0.5) is 0 Å². The first-order valence-corrected chi connectivity index (χ1v) is 5.63. The highest BCUT2D eigenvalue weighted by Crippen LogP contribution is 2.32. The monoisotopic (exact) mass is 263 g/mol. The van der Waals surface area contributed by atoms with E-state index < -0.39 is 0 Å². The summed E-state index contributed by atoms with van der Waals surface area (Å²) >= 11 is 5.82. The molecule has 1 aromatic rings. The van der Waals surface area contributed by atoms with Crippen LogP contribution in [0.15, 0.2) is 18.2 Å². The van der Waals surface area contributed by atoms with Crippen LogP contribution in [0.1, 0.15) is 38.3 Å². The third-order valence-electron chi connectivity index (χ3n) is 2.47. The molecule has 16 heavy (non-hydrogen) atoms. The summed E-state index contributed by atoms with van der Waals surface area (Å²) in [6, 6.07) is 5.17. The van der Waals surface area contributed by atoms with E-state index in [9.17, 15) is 5.11 Å². The van der Waals surface area contributed by atoms with Gasteiger partial charge in [-0.25, -0.2) is 0 Å². The Labute approximate surface area is 108 Å². The number of hydrogen-bond acceptors (Lipinski definition) is 2. The van der Waals surface area contributed by atoms with Crippen LogP contribution in [0, 0.1) is 5.92 Å². The second kappa shape index (κ2) is 7.00. The number of benzene rings is 1. The number of aromatic hydroxyl groups is 1. The minimum absolute atomic E-state index is 0. The predicted molar refractivity (Wildman–Crippen MR) is 71.4 cm³/mol. The third-order valence-corrected chi connectivity index (χ3v) is 2.78. The van der Waals surface area contributed by atoms with Crippen LogP contribution < -0.4 is 5.73 Å². The molecule has 0 amide bonds. The zero-order valence-corrected chi connectivity index (χ0v) is 11.2. The number of rotatable bonds is 4. The van der Waals surface area contributed by atoms with Gasteiger partial charge in [0.05, 0.1) is 5.02 Å². The standard InChI is InChI=1S/C12H18ClNO.ClH/c1-8(2)6-7-11(14)9-4-3-5-10(13)12(9)15;/h3-5,8,11,15H,6-7,14H2,1-2H3;1H/t11-;/m1./s1. The van der Waals surface area contributed by atoms with Crippen LogP contribution in [0.25, 0.3) is 0 Å². The van der Waals surface area contributed by atoms with Crippen molar-refractivity contribution >= 4 is 24.0 Å². The lowest BCUT2D eigenvalue weighted by Crippen LogP contribution is -2.11. The second-order valence-electron chi connectivity index (χ2n) is 4.26. The van der Waals surface area contributed by atoms with Gasteiger partial charge >= 0.3 is 0 Å². The zero-order valence-electron chi connectivity index (χ0n) is 9.61. The van der Waals surface area contributed by atoms with Gasteiger partial charge in [-0.2, -0.15) is 0 Å². The highest BCUT2D eigenvalue weighted by atomic mass is 35.5. The van der Waals surface area contributed by atoms with E-state index in [0.29, 0.717) is 10.9 Å². The number of phenols is 1. The van der Waals surface area contributed by atoms with Gasteiger partial charge in [0.2, 0.25) is 0 Å². The van der Waals surface area contributed by atoms with E-state index in [2.05, 4.69) is 13.8 Å². The molecule has 1 rings (SSSR count). The fourth-order valence-corrected chi connectivity index (χ4v) is 1.68. The summed E-state index contributed by atoms with van der Waals surface area (Å²) in [4.78, 5) is 0. The van der Waals surface area contributed by atoms with Gasteiger partial charge in [0.15, 0.2) is 0 Å². The molecule has 3 N–H and O–H groups in total. The van der Waals surface area contributed by atoms with Crippen molar-refractivity contribution in [3.05, 3.63) is 28.8 Å². The molecule has 0 aromatic heterocycles. The molecule has 0 aliphatic carbocycles.